The van der Waals surface area contributed by atoms with Gasteiger partial charge in [0.25, 0.3) is 0 Å². The van der Waals surface area contributed by atoms with Crippen LogP contribution < -0.4 is 5.32 Å². The average Bonchev–Trinajstić information content (AvgIpc) is 1.85. The maximum atomic E-state index is 10.7. The first-order valence-electron chi connectivity index (χ1n) is 3.47. The van der Waals surface area contributed by atoms with Crippen molar-refractivity contribution in [3.8, 4) is 0 Å². The minimum Gasteiger partial charge on any atom is -0.313 e. The van der Waals surface area contributed by atoms with Gasteiger partial charge in [0.1, 0.15) is 5.78 Å². The second-order valence-electron chi connectivity index (χ2n) is 2.17. The number of Topliss-reactive ketones (excluding diaryl/α,β-unsaturated/α-hetero) is 1. The molecule has 0 spiro atoms. The summed E-state index contributed by atoms with van der Waals surface area (Å²) < 4.78 is 0. The topological polar surface area (TPSA) is 29.1 Å². The van der Waals surface area contributed by atoms with Crippen LogP contribution in [0, 0.1) is 0 Å². The number of rotatable bonds is 5. The second-order valence-corrected chi connectivity index (χ2v) is 2.17. The smallest absolute Gasteiger partial charge is 0.146 e. The lowest BCUT2D eigenvalue weighted by Crippen LogP contribution is -2.17. The van der Waals surface area contributed by atoms with E-state index in [0.29, 0.717) is 12.3 Å². The zero-order valence-electron chi connectivity index (χ0n) is 6.24. The van der Waals surface area contributed by atoms with Crippen molar-refractivity contribution in [2.75, 3.05) is 13.6 Å². The van der Waals surface area contributed by atoms with Gasteiger partial charge in [0, 0.05) is 6.42 Å². The molecule has 0 radical (unpaired) electrons. The lowest BCUT2D eigenvalue weighted by atomic mass is 10.2. The molecule has 9 heavy (non-hydrogen) atoms. The van der Waals surface area contributed by atoms with Crippen molar-refractivity contribution in [3.05, 3.63) is 0 Å². The molecule has 0 heterocycles. The van der Waals surface area contributed by atoms with Crippen LogP contribution in [0.15, 0.2) is 0 Å². The SMILES string of the molecule is CCCCC(=O)CNC. The third-order valence-electron chi connectivity index (χ3n) is 1.18. The van der Waals surface area contributed by atoms with Crippen molar-refractivity contribution >= 4 is 5.78 Å². The molecule has 0 aliphatic rings. The van der Waals surface area contributed by atoms with Crippen molar-refractivity contribution in [1.82, 2.24) is 5.32 Å². The van der Waals surface area contributed by atoms with E-state index in [1.165, 1.54) is 0 Å². The molecule has 0 aromatic rings. The fourth-order valence-corrected chi connectivity index (χ4v) is 0.660. The van der Waals surface area contributed by atoms with E-state index < -0.39 is 0 Å². The number of hydrogen-bond donors (Lipinski definition) is 1. The summed E-state index contributed by atoms with van der Waals surface area (Å²) in [6, 6.07) is 0. The van der Waals surface area contributed by atoms with Gasteiger partial charge in [-0.25, -0.2) is 0 Å². The molecule has 0 atom stereocenters. The number of nitrogens with one attached hydrogen (secondary N) is 1. The summed E-state index contributed by atoms with van der Waals surface area (Å²) in [5, 5.41) is 2.83. The maximum absolute atomic E-state index is 10.7. The molecule has 0 amide bonds. The molecular weight excluding hydrogens is 114 g/mol. The van der Waals surface area contributed by atoms with Crippen LogP contribution in [0.25, 0.3) is 0 Å². The van der Waals surface area contributed by atoms with Gasteiger partial charge in [-0.2, -0.15) is 0 Å². The molecule has 2 nitrogen and oxygen atoms in total. The van der Waals surface area contributed by atoms with Crippen LogP contribution in [0.1, 0.15) is 26.2 Å². The van der Waals surface area contributed by atoms with Crippen molar-refractivity contribution in [2.45, 2.75) is 26.2 Å². The fraction of sp³-hybridized carbons (Fsp3) is 0.857. The van der Waals surface area contributed by atoms with Gasteiger partial charge in [-0.15, -0.1) is 0 Å². The Kier molecular flexibility index (Phi) is 5.52. The largest absolute Gasteiger partial charge is 0.313 e. The van der Waals surface area contributed by atoms with Crippen molar-refractivity contribution in [2.24, 2.45) is 0 Å². The van der Waals surface area contributed by atoms with Crippen molar-refractivity contribution in [3.63, 3.8) is 0 Å². The Labute approximate surface area is 56.6 Å². The first-order chi connectivity index (χ1) is 4.31. The van der Waals surface area contributed by atoms with Gasteiger partial charge < -0.3 is 5.32 Å². The first-order valence-corrected chi connectivity index (χ1v) is 3.47. The Hall–Kier alpha value is -0.370. The molecule has 0 aromatic carbocycles. The van der Waals surface area contributed by atoms with Crippen LogP contribution in [0.2, 0.25) is 0 Å². The van der Waals surface area contributed by atoms with Gasteiger partial charge in [0.05, 0.1) is 6.54 Å². The van der Waals surface area contributed by atoms with Gasteiger partial charge in [-0.05, 0) is 13.5 Å². The van der Waals surface area contributed by atoms with E-state index in [0.717, 1.165) is 19.3 Å². The number of hydrogen-bond acceptors (Lipinski definition) is 2. The van der Waals surface area contributed by atoms with E-state index in [4.69, 9.17) is 0 Å². The monoisotopic (exact) mass is 129 g/mol. The quantitative estimate of drug-likeness (QED) is 0.599. The number of ketones is 1. The third-order valence-corrected chi connectivity index (χ3v) is 1.18. The van der Waals surface area contributed by atoms with Crippen LogP contribution in [-0.4, -0.2) is 19.4 Å². The molecule has 0 aliphatic heterocycles. The fourth-order valence-electron chi connectivity index (χ4n) is 0.660. The van der Waals surface area contributed by atoms with Crippen LogP contribution in [-0.2, 0) is 4.79 Å². The van der Waals surface area contributed by atoms with Crippen molar-refractivity contribution in [1.29, 1.82) is 0 Å². The van der Waals surface area contributed by atoms with Gasteiger partial charge in [0.15, 0.2) is 0 Å². The number of carbonyl (C=O) groups is 1. The standard InChI is InChI=1S/C7H15NO/c1-3-4-5-7(9)6-8-2/h8H,3-6H2,1-2H3. The highest BCUT2D eigenvalue weighted by Crippen LogP contribution is 1.93. The van der Waals surface area contributed by atoms with E-state index in [1.54, 1.807) is 7.05 Å². The predicted molar refractivity (Wildman–Crippen MR) is 38.5 cm³/mol. The number of likely N-dealkylation sites (N-methyl/N-ethyl adjacent to an activating group) is 1. The maximum Gasteiger partial charge on any atom is 0.146 e. The third kappa shape index (κ3) is 5.50. The number of carbonyl (C=O) groups excluding carboxylic acids is 1. The lowest BCUT2D eigenvalue weighted by Gasteiger charge is -1.95. The summed E-state index contributed by atoms with van der Waals surface area (Å²) in [4.78, 5) is 10.7. The average molecular weight is 129 g/mol. The Balaban J connectivity index is 3.06. The van der Waals surface area contributed by atoms with Crippen LogP contribution in [0.5, 0.6) is 0 Å². The first kappa shape index (κ1) is 8.63. The minimum atomic E-state index is 0.319. The molecule has 0 unspecified atom stereocenters. The van der Waals surface area contributed by atoms with Gasteiger partial charge >= 0.3 is 0 Å². The minimum absolute atomic E-state index is 0.319. The summed E-state index contributed by atoms with van der Waals surface area (Å²) in [5.74, 6) is 0.319. The van der Waals surface area contributed by atoms with E-state index in [2.05, 4.69) is 12.2 Å². The van der Waals surface area contributed by atoms with Crippen LogP contribution >= 0.6 is 0 Å². The summed E-state index contributed by atoms with van der Waals surface area (Å²) >= 11 is 0. The molecule has 2 heteroatoms. The predicted octanol–water partition coefficient (Wildman–Crippen LogP) is 0.965. The Morgan fingerprint density at radius 2 is 2.22 bits per heavy atom. The molecule has 54 valence electrons. The van der Waals surface area contributed by atoms with E-state index in [9.17, 15) is 4.79 Å². The second kappa shape index (κ2) is 5.76. The molecule has 0 bridgehead atoms. The van der Waals surface area contributed by atoms with E-state index >= 15 is 0 Å². The molecule has 1 N–H and O–H groups in total. The molecule has 0 aliphatic carbocycles. The summed E-state index contributed by atoms with van der Waals surface area (Å²) in [5.41, 5.74) is 0. The zero-order chi connectivity index (χ0) is 7.11. The highest BCUT2D eigenvalue weighted by molar-refractivity contribution is 5.80. The molecule has 0 saturated carbocycles. The summed E-state index contributed by atoms with van der Waals surface area (Å²) in [6.45, 7) is 2.62. The van der Waals surface area contributed by atoms with E-state index in [1.807, 2.05) is 0 Å². The Bertz CT molecular complexity index is 81.0. The highest BCUT2D eigenvalue weighted by Gasteiger charge is 1.96. The summed E-state index contributed by atoms with van der Waals surface area (Å²) in [6.07, 6.45) is 2.87. The van der Waals surface area contributed by atoms with Crippen LogP contribution in [0.4, 0.5) is 0 Å². The molecule has 0 fully saturated rings. The molecule has 0 aromatic heterocycles. The van der Waals surface area contributed by atoms with Gasteiger partial charge in [0.2, 0.25) is 0 Å². The molecular formula is C7H15NO. The molecule has 0 rings (SSSR count). The van der Waals surface area contributed by atoms with Crippen LogP contribution in [0.3, 0.4) is 0 Å². The van der Waals surface area contributed by atoms with Crippen molar-refractivity contribution < 1.29 is 4.79 Å². The van der Waals surface area contributed by atoms with E-state index in [-0.39, 0.29) is 0 Å². The molecule has 0 saturated heterocycles. The zero-order valence-corrected chi connectivity index (χ0v) is 6.24. The Morgan fingerprint density at radius 3 is 2.67 bits per heavy atom. The normalized spacial score (nSPS) is 9.56. The van der Waals surface area contributed by atoms with Gasteiger partial charge in [-0.1, -0.05) is 13.3 Å². The summed E-state index contributed by atoms with van der Waals surface area (Å²) in [7, 11) is 1.80. The number of unbranched alkanes of at least 4 members (excludes halogenated alkanes) is 1. The van der Waals surface area contributed by atoms with Gasteiger partial charge in [-0.3, -0.25) is 4.79 Å². The lowest BCUT2D eigenvalue weighted by molar-refractivity contribution is -0.118. The highest BCUT2D eigenvalue weighted by atomic mass is 16.1. The Morgan fingerprint density at radius 1 is 1.56 bits per heavy atom.